The van der Waals surface area contributed by atoms with E-state index in [1.54, 1.807) is 24.6 Å². The Labute approximate surface area is 156 Å². The summed E-state index contributed by atoms with van der Waals surface area (Å²) in [6.07, 6.45) is 3.35. The summed E-state index contributed by atoms with van der Waals surface area (Å²) in [4.78, 5) is 6.60. The Morgan fingerprint density at radius 1 is 0.852 bits per heavy atom. The van der Waals surface area contributed by atoms with Crippen LogP contribution in [0.1, 0.15) is 17.2 Å². The number of halogens is 1. The molecule has 0 spiro atoms. The number of benzene rings is 2. The lowest BCUT2D eigenvalue weighted by molar-refractivity contribution is 0.206. The molecule has 0 fully saturated rings. The first-order valence-corrected chi connectivity index (χ1v) is 8.75. The number of rotatable bonds is 7. The van der Waals surface area contributed by atoms with Gasteiger partial charge in [-0.3, -0.25) is 4.90 Å². The Balaban J connectivity index is 1.51. The molecule has 2 aromatic heterocycles. The molecule has 0 aliphatic rings. The van der Waals surface area contributed by atoms with E-state index >= 15 is 0 Å². The topological polar surface area (TPSA) is 42.4 Å². The molecule has 0 N–H and O–H groups in total. The molecule has 0 bridgehead atoms. The smallest absolute Gasteiger partial charge is 0.209 e. The largest absolute Gasteiger partial charge is 0.468 e. The lowest BCUT2D eigenvalue weighted by atomic mass is 10.2. The summed E-state index contributed by atoms with van der Waals surface area (Å²) in [5, 5.41) is 0. The van der Waals surface area contributed by atoms with Crippen LogP contribution < -0.4 is 0 Å². The molecule has 0 atom stereocenters. The number of oxazole rings is 1. The molecule has 2 heterocycles. The van der Waals surface area contributed by atoms with Gasteiger partial charge < -0.3 is 8.83 Å². The van der Waals surface area contributed by atoms with Crippen molar-refractivity contribution in [3.8, 4) is 11.3 Å². The minimum Gasteiger partial charge on any atom is -0.468 e. The predicted molar refractivity (Wildman–Crippen MR) is 100.0 cm³/mol. The fourth-order valence-corrected chi connectivity index (χ4v) is 2.95. The summed E-state index contributed by atoms with van der Waals surface area (Å²) < 4.78 is 24.5. The van der Waals surface area contributed by atoms with E-state index in [0.29, 0.717) is 24.7 Å². The van der Waals surface area contributed by atoms with Gasteiger partial charge in [0.15, 0.2) is 5.76 Å². The molecule has 0 saturated carbocycles. The van der Waals surface area contributed by atoms with Crippen molar-refractivity contribution in [2.75, 3.05) is 0 Å². The normalized spacial score (nSPS) is 11.2. The van der Waals surface area contributed by atoms with E-state index in [1.165, 1.54) is 17.7 Å². The summed E-state index contributed by atoms with van der Waals surface area (Å²) in [6.45, 7) is 1.93. The molecular formula is C22H19FN2O2. The molecule has 4 rings (SSSR count). The maximum atomic E-state index is 13.1. The van der Waals surface area contributed by atoms with Crippen LogP contribution in [0.15, 0.2) is 88.0 Å². The molecule has 2 aromatic carbocycles. The van der Waals surface area contributed by atoms with Crippen molar-refractivity contribution in [1.29, 1.82) is 0 Å². The number of hydrogen-bond donors (Lipinski definition) is 0. The van der Waals surface area contributed by atoms with Crippen molar-refractivity contribution < 1.29 is 13.2 Å². The summed E-state index contributed by atoms with van der Waals surface area (Å²) in [7, 11) is 0. The van der Waals surface area contributed by atoms with E-state index in [0.717, 1.165) is 17.9 Å². The third kappa shape index (κ3) is 4.51. The highest BCUT2D eigenvalue weighted by Gasteiger charge is 2.14. The van der Waals surface area contributed by atoms with Crippen molar-refractivity contribution in [3.63, 3.8) is 0 Å². The fourth-order valence-electron chi connectivity index (χ4n) is 2.95. The molecule has 4 nitrogen and oxygen atoms in total. The van der Waals surface area contributed by atoms with Crippen LogP contribution in [-0.2, 0) is 19.6 Å². The van der Waals surface area contributed by atoms with E-state index in [-0.39, 0.29) is 5.82 Å². The minimum absolute atomic E-state index is 0.272. The Hall–Kier alpha value is -3.18. The van der Waals surface area contributed by atoms with Crippen molar-refractivity contribution in [2.45, 2.75) is 19.6 Å². The molecule has 27 heavy (non-hydrogen) atoms. The van der Waals surface area contributed by atoms with Crippen LogP contribution in [0.4, 0.5) is 4.39 Å². The minimum atomic E-state index is -0.272. The predicted octanol–water partition coefficient (Wildman–Crippen LogP) is 5.28. The highest BCUT2D eigenvalue weighted by atomic mass is 19.1. The van der Waals surface area contributed by atoms with E-state index in [4.69, 9.17) is 8.83 Å². The monoisotopic (exact) mass is 362 g/mol. The molecular weight excluding hydrogens is 343 g/mol. The maximum Gasteiger partial charge on any atom is 0.209 e. The summed E-state index contributed by atoms with van der Waals surface area (Å²) >= 11 is 0. The molecule has 136 valence electrons. The molecule has 0 amide bonds. The molecule has 0 radical (unpaired) electrons. The maximum absolute atomic E-state index is 13.1. The highest BCUT2D eigenvalue weighted by molar-refractivity contribution is 5.55. The third-order valence-electron chi connectivity index (χ3n) is 4.25. The standard InChI is InChI=1S/C22H19FN2O2/c23-19-10-8-18(9-11-19)21-13-24-22(27-21)16-25(15-20-7-4-12-26-20)14-17-5-2-1-3-6-17/h1-13H,14-16H2. The number of hydrogen-bond acceptors (Lipinski definition) is 4. The molecule has 0 saturated heterocycles. The molecule has 0 unspecified atom stereocenters. The van der Waals surface area contributed by atoms with E-state index in [1.807, 2.05) is 30.3 Å². The van der Waals surface area contributed by atoms with Gasteiger partial charge in [-0.2, -0.15) is 0 Å². The zero-order valence-corrected chi connectivity index (χ0v) is 14.7. The van der Waals surface area contributed by atoms with E-state index in [9.17, 15) is 4.39 Å². The molecule has 4 aromatic rings. The van der Waals surface area contributed by atoms with Gasteiger partial charge in [0.25, 0.3) is 0 Å². The zero-order chi connectivity index (χ0) is 18.5. The summed E-state index contributed by atoms with van der Waals surface area (Å²) in [6, 6.07) is 20.3. The van der Waals surface area contributed by atoms with Gasteiger partial charge >= 0.3 is 0 Å². The Morgan fingerprint density at radius 3 is 2.41 bits per heavy atom. The van der Waals surface area contributed by atoms with Gasteiger partial charge in [0.2, 0.25) is 5.89 Å². The Bertz CT molecular complexity index is 963. The van der Waals surface area contributed by atoms with Gasteiger partial charge in [0.05, 0.1) is 25.5 Å². The quantitative estimate of drug-likeness (QED) is 0.449. The Morgan fingerprint density at radius 2 is 1.67 bits per heavy atom. The average Bonchev–Trinajstić information content (AvgIpc) is 3.35. The first-order valence-electron chi connectivity index (χ1n) is 8.75. The fraction of sp³-hybridized carbons (Fsp3) is 0.136. The molecule has 5 heteroatoms. The van der Waals surface area contributed by atoms with Crippen LogP contribution in [0.3, 0.4) is 0 Å². The van der Waals surface area contributed by atoms with Crippen LogP contribution in [0.25, 0.3) is 11.3 Å². The molecule has 0 aliphatic carbocycles. The van der Waals surface area contributed by atoms with Crippen LogP contribution in [0, 0.1) is 5.82 Å². The van der Waals surface area contributed by atoms with Crippen molar-refractivity contribution in [2.24, 2.45) is 0 Å². The Kier molecular flexibility index (Phi) is 5.12. The van der Waals surface area contributed by atoms with Gasteiger partial charge in [0, 0.05) is 12.1 Å². The highest BCUT2D eigenvalue weighted by Crippen LogP contribution is 2.22. The second-order valence-electron chi connectivity index (χ2n) is 6.34. The van der Waals surface area contributed by atoms with Gasteiger partial charge in [-0.15, -0.1) is 0 Å². The lowest BCUT2D eigenvalue weighted by Crippen LogP contribution is -2.22. The second-order valence-corrected chi connectivity index (χ2v) is 6.34. The zero-order valence-electron chi connectivity index (χ0n) is 14.7. The molecule has 0 aliphatic heterocycles. The van der Waals surface area contributed by atoms with Crippen molar-refractivity contribution >= 4 is 0 Å². The van der Waals surface area contributed by atoms with Crippen molar-refractivity contribution in [1.82, 2.24) is 9.88 Å². The number of furan rings is 1. The number of nitrogens with zero attached hydrogens (tertiary/aromatic N) is 2. The third-order valence-corrected chi connectivity index (χ3v) is 4.25. The first kappa shape index (κ1) is 17.2. The summed E-state index contributed by atoms with van der Waals surface area (Å²) in [5.74, 6) is 1.85. The van der Waals surface area contributed by atoms with Gasteiger partial charge in [0.1, 0.15) is 11.6 Å². The van der Waals surface area contributed by atoms with Crippen LogP contribution in [0.5, 0.6) is 0 Å². The number of aromatic nitrogens is 1. The SMILES string of the molecule is Fc1ccc(-c2cnc(CN(Cc3ccccc3)Cc3ccco3)o2)cc1. The van der Waals surface area contributed by atoms with E-state index in [2.05, 4.69) is 22.0 Å². The van der Waals surface area contributed by atoms with Crippen LogP contribution >= 0.6 is 0 Å². The van der Waals surface area contributed by atoms with Crippen LogP contribution in [-0.4, -0.2) is 9.88 Å². The first-order chi connectivity index (χ1) is 13.3. The van der Waals surface area contributed by atoms with Crippen LogP contribution in [0.2, 0.25) is 0 Å². The lowest BCUT2D eigenvalue weighted by Gasteiger charge is -2.19. The van der Waals surface area contributed by atoms with Gasteiger partial charge in [-0.05, 0) is 42.0 Å². The average molecular weight is 362 g/mol. The van der Waals surface area contributed by atoms with Gasteiger partial charge in [-0.25, -0.2) is 9.37 Å². The van der Waals surface area contributed by atoms with Crippen molar-refractivity contribution in [3.05, 3.63) is 102 Å². The van der Waals surface area contributed by atoms with Gasteiger partial charge in [-0.1, -0.05) is 30.3 Å². The summed E-state index contributed by atoms with van der Waals surface area (Å²) in [5.41, 5.74) is 2.00. The van der Waals surface area contributed by atoms with E-state index < -0.39 is 0 Å². The second kappa shape index (κ2) is 8.01.